The van der Waals surface area contributed by atoms with Crippen molar-refractivity contribution < 1.29 is 14.7 Å². The van der Waals surface area contributed by atoms with Crippen LogP contribution >= 0.6 is 0 Å². The van der Waals surface area contributed by atoms with E-state index in [1.807, 2.05) is 13.8 Å². The van der Waals surface area contributed by atoms with Gasteiger partial charge in [-0.2, -0.15) is 0 Å². The van der Waals surface area contributed by atoms with Crippen molar-refractivity contribution in [2.24, 2.45) is 11.3 Å². The van der Waals surface area contributed by atoms with Gasteiger partial charge >= 0.3 is 5.97 Å². The van der Waals surface area contributed by atoms with Gasteiger partial charge in [0, 0.05) is 12.5 Å². The third-order valence-electron chi connectivity index (χ3n) is 3.23. The molecule has 1 atom stereocenters. The molecule has 2 N–H and O–H groups in total. The van der Waals surface area contributed by atoms with E-state index in [-0.39, 0.29) is 18.2 Å². The number of amides is 1. The standard InChI is InChI=1S/C11H19NO3/c1-7(2)11(3,10(14)15)6-9(13)12-8-4-5-8/h7-8H,4-6H2,1-3H3,(H,12,13)(H,14,15). The van der Waals surface area contributed by atoms with E-state index in [2.05, 4.69) is 5.32 Å². The van der Waals surface area contributed by atoms with Crippen LogP contribution in [0.3, 0.4) is 0 Å². The van der Waals surface area contributed by atoms with Crippen LogP contribution in [0.2, 0.25) is 0 Å². The fraction of sp³-hybridized carbons (Fsp3) is 0.818. The molecule has 0 aromatic carbocycles. The maximum Gasteiger partial charge on any atom is 0.310 e. The Bertz CT molecular complexity index is 271. The molecule has 15 heavy (non-hydrogen) atoms. The molecule has 0 heterocycles. The summed E-state index contributed by atoms with van der Waals surface area (Å²) in [7, 11) is 0. The van der Waals surface area contributed by atoms with Crippen LogP contribution in [-0.4, -0.2) is 23.0 Å². The number of aliphatic carboxylic acids is 1. The zero-order valence-electron chi connectivity index (χ0n) is 9.54. The number of nitrogens with one attached hydrogen (secondary N) is 1. The fourth-order valence-corrected chi connectivity index (χ4v) is 1.37. The van der Waals surface area contributed by atoms with Crippen LogP contribution in [0.25, 0.3) is 0 Å². The zero-order chi connectivity index (χ0) is 11.6. The fourth-order valence-electron chi connectivity index (χ4n) is 1.37. The highest BCUT2D eigenvalue weighted by molar-refractivity contribution is 5.85. The van der Waals surface area contributed by atoms with Crippen LogP contribution in [0.1, 0.15) is 40.0 Å². The molecule has 1 amide bonds. The lowest BCUT2D eigenvalue weighted by Gasteiger charge is -2.28. The van der Waals surface area contributed by atoms with Crippen LogP contribution < -0.4 is 5.32 Å². The van der Waals surface area contributed by atoms with Crippen molar-refractivity contribution in [3.63, 3.8) is 0 Å². The van der Waals surface area contributed by atoms with E-state index in [9.17, 15) is 9.59 Å². The van der Waals surface area contributed by atoms with Crippen LogP contribution in [0.4, 0.5) is 0 Å². The first-order valence-electron chi connectivity index (χ1n) is 5.39. The van der Waals surface area contributed by atoms with Gasteiger partial charge in [0.2, 0.25) is 5.91 Å². The molecule has 86 valence electrons. The summed E-state index contributed by atoms with van der Waals surface area (Å²) in [6, 6.07) is 0.294. The minimum Gasteiger partial charge on any atom is -0.481 e. The number of hydrogen-bond acceptors (Lipinski definition) is 2. The lowest BCUT2D eigenvalue weighted by Crippen LogP contribution is -2.39. The smallest absolute Gasteiger partial charge is 0.310 e. The predicted molar refractivity (Wildman–Crippen MR) is 56.4 cm³/mol. The molecule has 4 heteroatoms. The highest BCUT2D eigenvalue weighted by Crippen LogP contribution is 2.31. The van der Waals surface area contributed by atoms with E-state index in [4.69, 9.17) is 5.11 Å². The minimum atomic E-state index is -0.959. The van der Waals surface area contributed by atoms with Gasteiger partial charge in [-0.1, -0.05) is 13.8 Å². The summed E-state index contributed by atoms with van der Waals surface area (Å²) in [5.41, 5.74) is -0.959. The van der Waals surface area contributed by atoms with Crippen molar-refractivity contribution in [3.8, 4) is 0 Å². The van der Waals surface area contributed by atoms with Crippen molar-refractivity contribution in [3.05, 3.63) is 0 Å². The van der Waals surface area contributed by atoms with Gasteiger partial charge in [0.05, 0.1) is 5.41 Å². The molecule has 1 unspecified atom stereocenters. The van der Waals surface area contributed by atoms with Crippen molar-refractivity contribution >= 4 is 11.9 Å². The zero-order valence-corrected chi connectivity index (χ0v) is 9.54. The highest BCUT2D eigenvalue weighted by Gasteiger charge is 2.39. The van der Waals surface area contributed by atoms with E-state index in [1.165, 1.54) is 0 Å². The molecule has 4 nitrogen and oxygen atoms in total. The van der Waals surface area contributed by atoms with E-state index in [1.54, 1.807) is 6.92 Å². The lowest BCUT2D eigenvalue weighted by molar-refractivity contribution is -0.153. The molecular weight excluding hydrogens is 194 g/mol. The third-order valence-corrected chi connectivity index (χ3v) is 3.23. The number of hydrogen-bond donors (Lipinski definition) is 2. The van der Waals surface area contributed by atoms with Crippen molar-refractivity contribution in [2.75, 3.05) is 0 Å². The molecule has 0 aromatic rings. The molecule has 0 radical (unpaired) electrons. The minimum absolute atomic E-state index is 0.0556. The second-order valence-corrected chi connectivity index (χ2v) is 4.90. The second-order valence-electron chi connectivity index (χ2n) is 4.90. The Morgan fingerprint density at radius 3 is 2.33 bits per heavy atom. The molecule has 1 saturated carbocycles. The average molecular weight is 213 g/mol. The number of rotatable bonds is 5. The van der Waals surface area contributed by atoms with E-state index < -0.39 is 11.4 Å². The molecule has 1 aliphatic rings. The van der Waals surface area contributed by atoms with Crippen LogP contribution in [-0.2, 0) is 9.59 Å². The van der Waals surface area contributed by atoms with Gasteiger partial charge in [0.1, 0.15) is 0 Å². The molecule has 1 rings (SSSR count). The average Bonchev–Trinajstić information content (AvgIpc) is 2.86. The molecule has 0 bridgehead atoms. The Kier molecular flexibility index (Phi) is 3.37. The normalized spacial score (nSPS) is 19.7. The highest BCUT2D eigenvalue weighted by atomic mass is 16.4. The van der Waals surface area contributed by atoms with E-state index in [0.29, 0.717) is 6.04 Å². The van der Waals surface area contributed by atoms with Gasteiger partial charge < -0.3 is 10.4 Å². The molecule has 0 aliphatic heterocycles. The Hall–Kier alpha value is -1.06. The SMILES string of the molecule is CC(C)C(C)(CC(=O)NC1CC1)C(=O)O. The van der Waals surface area contributed by atoms with E-state index in [0.717, 1.165) is 12.8 Å². The Labute approximate surface area is 90.0 Å². The summed E-state index contributed by atoms with van der Waals surface area (Å²) in [6.45, 7) is 5.30. The summed E-state index contributed by atoms with van der Waals surface area (Å²) in [5, 5.41) is 11.9. The summed E-state index contributed by atoms with van der Waals surface area (Å²) >= 11 is 0. The first kappa shape index (κ1) is 12.0. The summed E-state index contributed by atoms with van der Waals surface area (Å²) in [4.78, 5) is 22.7. The molecule has 0 saturated heterocycles. The van der Waals surface area contributed by atoms with Gasteiger partial charge in [-0.15, -0.1) is 0 Å². The van der Waals surface area contributed by atoms with Crippen LogP contribution in [0.15, 0.2) is 0 Å². The summed E-state index contributed by atoms with van der Waals surface area (Å²) in [5.74, 6) is -1.10. The van der Waals surface area contributed by atoms with Crippen molar-refractivity contribution in [1.82, 2.24) is 5.32 Å². The monoisotopic (exact) mass is 213 g/mol. The van der Waals surface area contributed by atoms with Crippen LogP contribution in [0, 0.1) is 11.3 Å². The van der Waals surface area contributed by atoms with Gasteiger partial charge in [0.25, 0.3) is 0 Å². The molecule has 1 fully saturated rings. The lowest BCUT2D eigenvalue weighted by atomic mass is 9.76. The second kappa shape index (κ2) is 4.21. The summed E-state index contributed by atoms with van der Waals surface area (Å²) in [6.07, 6.45) is 2.12. The molecule has 0 aromatic heterocycles. The quantitative estimate of drug-likeness (QED) is 0.725. The maximum absolute atomic E-state index is 11.5. The summed E-state index contributed by atoms with van der Waals surface area (Å²) < 4.78 is 0. The van der Waals surface area contributed by atoms with Crippen molar-refractivity contribution in [2.45, 2.75) is 46.1 Å². The van der Waals surface area contributed by atoms with Gasteiger partial charge in [0.15, 0.2) is 0 Å². The number of carbonyl (C=O) groups excluding carboxylic acids is 1. The molecule has 1 aliphatic carbocycles. The first-order valence-corrected chi connectivity index (χ1v) is 5.39. The Balaban J connectivity index is 2.56. The van der Waals surface area contributed by atoms with Gasteiger partial charge in [-0.05, 0) is 25.7 Å². The predicted octanol–water partition coefficient (Wildman–Crippen LogP) is 1.40. The molecular formula is C11H19NO3. The topological polar surface area (TPSA) is 66.4 Å². The van der Waals surface area contributed by atoms with Crippen molar-refractivity contribution in [1.29, 1.82) is 0 Å². The third kappa shape index (κ3) is 2.94. The number of carbonyl (C=O) groups is 2. The van der Waals surface area contributed by atoms with E-state index >= 15 is 0 Å². The Morgan fingerprint density at radius 2 is 2.00 bits per heavy atom. The largest absolute Gasteiger partial charge is 0.481 e. The molecule has 0 spiro atoms. The number of carboxylic acid groups (broad SMARTS) is 1. The Morgan fingerprint density at radius 1 is 1.47 bits per heavy atom. The number of carboxylic acids is 1. The van der Waals surface area contributed by atoms with Gasteiger partial charge in [-0.3, -0.25) is 9.59 Å². The first-order chi connectivity index (χ1) is 6.86. The van der Waals surface area contributed by atoms with Crippen LogP contribution in [0.5, 0.6) is 0 Å². The van der Waals surface area contributed by atoms with Gasteiger partial charge in [-0.25, -0.2) is 0 Å². The maximum atomic E-state index is 11.5.